The molecule has 1 saturated heterocycles. The first-order chi connectivity index (χ1) is 9.58. The van der Waals surface area contributed by atoms with Crippen molar-refractivity contribution in [1.82, 2.24) is 10.2 Å². The number of nitrogens with zero attached hydrogens (tertiary/aromatic N) is 3. The van der Waals surface area contributed by atoms with Crippen molar-refractivity contribution in [3.05, 3.63) is 34.4 Å². The molecule has 20 heavy (non-hydrogen) atoms. The molecular formula is C13H18N4O3. The molecule has 1 fully saturated rings. The maximum Gasteiger partial charge on any atom is 0.269 e. The van der Waals surface area contributed by atoms with Crippen LogP contribution in [-0.4, -0.2) is 55.5 Å². The number of nitro groups is 1. The van der Waals surface area contributed by atoms with E-state index in [1.165, 1.54) is 17.0 Å². The maximum atomic E-state index is 12.2. The van der Waals surface area contributed by atoms with E-state index in [0.717, 1.165) is 26.2 Å². The highest BCUT2D eigenvalue weighted by Crippen LogP contribution is 2.18. The number of nitrogens with one attached hydrogen (secondary N) is 1. The number of anilines is 1. The monoisotopic (exact) mass is 278 g/mol. The van der Waals surface area contributed by atoms with Gasteiger partial charge in [-0.25, -0.2) is 0 Å². The maximum absolute atomic E-state index is 12.2. The highest BCUT2D eigenvalue weighted by molar-refractivity contribution is 5.94. The number of rotatable bonds is 4. The molecule has 7 heteroatoms. The normalized spacial score (nSPS) is 15.8. The zero-order valence-corrected chi connectivity index (χ0v) is 11.4. The number of benzene rings is 1. The number of hydrogen-bond donors (Lipinski definition) is 1. The van der Waals surface area contributed by atoms with E-state index in [-0.39, 0.29) is 11.6 Å². The Kier molecular flexibility index (Phi) is 4.65. The third-order valence-corrected chi connectivity index (χ3v) is 3.39. The van der Waals surface area contributed by atoms with Crippen molar-refractivity contribution >= 4 is 17.3 Å². The minimum absolute atomic E-state index is 0.0132. The molecule has 1 N–H and O–H groups in total. The fourth-order valence-electron chi connectivity index (χ4n) is 2.11. The largest absolute Gasteiger partial charge is 0.314 e. The molecule has 1 aliphatic rings. The zero-order chi connectivity index (χ0) is 14.5. The Morgan fingerprint density at radius 2 is 1.95 bits per heavy atom. The summed E-state index contributed by atoms with van der Waals surface area (Å²) in [7, 11) is 1.69. The Morgan fingerprint density at radius 3 is 2.50 bits per heavy atom. The highest BCUT2D eigenvalue weighted by Gasteiger charge is 2.17. The summed E-state index contributed by atoms with van der Waals surface area (Å²) in [5.74, 6) is -0.0132. The number of nitro benzene ring substituents is 1. The van der Waals surface area contributed by atoms with Crippen LogP contribution in [0, 0.1) is 10.1 Å². The Balaban J connectivity index is 1.96. The van der Waals surface area contributed by atoms with Gasteiger partial charge in [0.1, 0.15) is 0 Å². The van der Waals surface area contributed by atoms with Crippen LogP contribution in [-0.2, 0) is 4.79 Å². The third kappa shape index (κ3) is 3.52. The van der Waals surface area contributed by atoms with Crippen molar-refractivity contribution in [2.24, 2.45) is 0 Å². The lowest BCUT2D eigenvalue weighted by molar-refractivity contribution is -0.384. The number of carbonyl (C=O) groups excluding carboxylic acids is 1. The first-order valence-corrected chi connectivity index (χ1v) is 6.52. The fourth-order valence-corrected chi connectivity index (χ4v) is 2.11. The van der Waals surface area contributed by atoms with Crippen LogP contribution in [0.15, 0.2) is 24.3 Å². The van der Waals surface area contributed by atoms with Crippen LogP contribution in [0.5, 0.6) is 0 Å². The Morgan fingerprint density at radius 1 is 1.35 bits per heavy atom. The van der Waals surface area contributed by atoms with Gasteiger partial charge in [-0.05, 0) is 12.1 Å². The van der Waals surface area contributed by atoms with Crippen molar-refractivity contribution in [3.63, 3.8) is 0 Å². The smallest absolute Gasteiger partial charge is 0.269 e. The molecule has 0 aromatic heterocycles. The molecule has 0 atom stereocenters. The van der Waals surface area contributed by atoms with Crippen LogP contribution in [0.25, 0.3) is 0 Å². The minimum Gasteiger partial charge on any atom is -0.314 e. The van der Waals surface area contributed by atoms with Gasteiger partial charge in [-0.1, -0.05) is 0 Å². The summed E-state index contributed by atoms with van der Waals surface area (Å²) in [6.45, 7) is 3.89. The summed E-state index contributed by atoms with van der Waals surface area (Å²) in [4.78, 5) is 25.9. The van der Waals surface area contributed by atoms with Crippen LogP contribution in [0.2, 0.25) is 0 Å². The van der Waals surface area contributed by atoms with E-state index >= 15 is 0 Å². The first kappa shape index (κ1) is 14.4. The zero-order valence-electron chi connectivity index (χ0n) is 11.4. The molecule has 1 aromatic carbocycles. The van der Waals surface area contributed by atoms with Gasteiger partial charge < -0.3 is 10.2 Å². The lowest BCUT2D eigenvalue weighted by Crippen LogP contribution is -2.47. The first-order valence-electron chi connectivity index (χ1n) is 6.52. The van der Waals surface area contributed by atoms with Crippen molar-refractivity contribution < 1.29 is 9.72 Å². The molecule has 7 nitrogen and oxygen atoms in total. The lowest BCUT2D eigenvalue weighted by Gasteiger charge is -2.28. The van der Waals surface area contributed by atoms with Gasteiger partial charge in [0.05, 0.1) is 11.5 Å². The molecule has 0 unspecified atom stereocenters. The average molecular weight is 278 g/mol. The molecule has 1 aliphatic heterocycles. The van der Waals surface area contributed by atoms with Crippen molar-refractivity contribution in [2.75, 3.05) is 44.7 Å². The van der Waals surface area contributed by atoms with Crippen molar-refractivity contribution in [3.8, 4) is 0 Å². The molecule has 0 bridgehead atoms. The highest BCUT2D eigenvalue weighted by atomic mass is 16.6. The molecule has 1 heterocycles. The van der Waals surface area contributed by atoms with Gasteiger partial charge in [0.15, 0.2) is 0 Å². The van der Waals surface area contributed by atoms with E-state index in [4.69, 9.17) is 0 Å². The average Bonchev–Trinajstić information content (AvgIpc) is 2.47. The van der Waals surface area contributed by atoms with Crippen molar-refractivity contribution in [1.29, 1.82) is 0 Å². The van der Waals surface area contributed by atoms with Gasteiger partial charge in [-0.15, -0.1) is 0 Å². The van der Waals surface area contributed by atoms with Gasteiger partial charge in [0, 0.05) is 51.0 Å². The SMILES string of the molecule is CN(C(=O)CN1CCNCC1)c1ccc([N+](=O)[O-])cc1. The van der Waals surface area contributed by atoms with Gasteiger partial charge in [0.25, 0.3) is 5.69 Å². The van der Waals surface area contributed by atoms with E-state index in [0.29, 0.717) is 12.2 Å². The van der Waals surface area contributed by atoms with Gasteiger partial charge in [-0.2, -0.15) is 0 Å². The molecule has 0 aliphatic carbocycles. The standard InChI is InChI=1S/C13H18N4O3/c1-15(11-2-4-12(5-3-11)17(19)20)13(18)10-16-8-6-14-7-9-16/h2-5,14H,6-10H2,1H3. The second-order valence-corrected chi connectivity index (χ2v) is 4.75. The van der Waals surface area contributed by atoms with E-state index in [1.54, 1.807) is 19.2 Å². The lowest BCUT2D eigenvalue weighted by atomic mass is 10.2. The Labute approximate surface area is 117 Å². The summed E-state index contributed by atoms with van der Waals surface area (Å²) < 4.78 is 0. The van der Waals surface area contributed by atoms with E-state index < -0.39 is 4.92 Å². The van der Waals surface area contributed by atoms with E-state index in [9.17, 15) is 14.9 Å². The van der Waals surface area contributed by atoms with Crippen LogP contribution >= 0.6 is 0 Å². The molecule has 0 spiro atoms. The predicted molar refractivity (Wildman–Crippen MR) is 75.8 cm³/mol. The molecule has 0 radical (unpaired) electrons. The second kappa shape index (κ2) is 6.44. The van der Waals surface area contributed by atoms with Gasteiger partial charge >= 0.3 is 0 Å². The number of likely N-dealkylation sites (N-methyl/N-ethyl adjacent to an activating group) is 1. The summed E-state index contributed by atoms with van der Waals surface area (Å²) >= 11 is 0. The summed E-state index contributed by atoms with van der Waals surface area (Å²) in [5.41, 5.74) is 0.687. The molecule has 2 rings (SSSR count). The quantitative estimate of drug-likeness (QED) is 0.639. The molecule has 1 aromatic rings. The third-order valence-electron chi connectivity index (χ3n) is 3.39. The number of amides is 1. The number of carbonyl (C=O) groups is 1. The summed E-state index contributed by atoms with van der Waals surface area (Å²) in [6.07, 6.45) is 0. The molecule has 108 valence electrons. The van der Waals surface area contributed by atoms with E-state index in [1.807, 2.05) is 0 Å². The Hall–Kier alpha value is -1.99. The summed E-state index contributed by atoms with van der Waals surface area (Å²) in [6, 6.07) is 6.00. The van der Waals surface area contributed by atoms with Crippen LogP contribution in [0.3, 0.4) is 0 Å². The van der Waals surface area contributed by atoms with Crippen LogP contribution in [0.1, 0.15) is 0 Å². The fraction of sp³-hybridized carbons (Fsp3) is 0.462. The summed E-state index contributed by atoms with van der Waals surface area (Å²) in [5, 5.41) is 13.8. The topological polar surface area (TPSA) is 78.7 Å². The Bertz CT molecular complexity index is 483. The molecule has 0 saturated carbocycles. The number of non-ortho nitro benzene ring substituents is 1. The molecular weight excluding hydrogens is 260 g/mol. The number of hydrogen-bond acceptors (Lipinski definition) is 5. The van der Waals surface area contributed by atoms with Crippen molar-refractivity contribution in [2.45, 2.75) is 0 Å². The van der Waals surface area contributed by atoms with Crippen LogP contribution < -0.4 is 10.2 Å². The van der Waals surface area contributed by atoms with Crippen LogP contribution in [0.4, 0.5) is 11.4 Å². The van der Waals surface area contributed by atoms with E-state index in [2.05, 4.69) is 10.2 Å². The minimum atomic E-state index is -0.452. The van der Waals surface area contributed by atoms with Gasteiger partial charge in [0.2, 0.25) is 5.91 Å². The van der Waals surface area contributed by atoms with Gasteiger partial charge in [-0.3, -0.25) is 19.8 Å². The predicted octanol–water partition coefficient (Wildman–Crippen LogP) is 0.463. The molecule has 1 amide bonds. The number of piperazine rings is 1. The second-order valence-electron chi connectivity index (χ2n) is 4.75.